The van der Waals surface area contributed by atoms with E-state index in [4.69, 9.17) is 69.8 Å². The van der Waals surface area contributed by atoms with Gasteiger partial charge in [0.25, 0.3) is 0 Å². The zero-order chi connectivity index (χ0) is 59.3. The Morgan fingerprint density at radius 2 is 0.566 bits per heavy atom. The molecule has 0 saturated carbocycles. The predicted octanol–water partition coefficient (Wildman–Crippen LogP) is 16.8. The number of H-pyrrole nitrogens is 2. The van der Waals surface area contributed by atoms with Crippen LogP contribution < -0.4 is 5.32 Å². The van der Waals surface area contributed by atoms with Crippen LogP contribution in [0.4, 0.5) is 11.5 Å². The second-order valence-corrected chi connectivity index (χ2v) is 36.9. The Hall–Kier alpha value is -5.98. The monoisotopic (exact) mass is 1220 g/mol. The van der Waals surface area contributed by atoms with E-state index in [1.54, 1.807) is 70.6 Å². The van der Waals surface area contributed by atoms with Crippen molar-refractivity contribution >= 4 is 127 Å². The van der Waals surface area contributed by atoms with Gasteiger partial charge in [0.15, 0.2) is 51.7 Å². The minimum absolute atomic E-state index is 0.209. The summed E-state index contributed by atoms with van der Waals surface area (Å²) in [4.78, 5) is 82.8. The Morgan fingerprint density at radius 3 is 0.880 bits per heavy atom. The fourth-order valence-corrected chi connectivity index (χ4v) is 14.4. The third-order valence-corrected chi connectivity index (χ3v) is 18.3. The van der Waals surface area contributed by atoms with Crippen molar-refractivity contribution in [1.82, 2.24) is 79.7 Å². The number of fused-ring (bicyclic) bond motifs is 20. The van der Waals surface area contributed by atoms with Gasteiger partial charge < -0.3 is 15.3 Å². The topological polar surface area (TPSA) is 224 Å². The molecule has 9 aromatic rings. The molecule has 2 aliphatic heterocycles. The third-order valence-electron chi connectivity index (χ3n) is 11.4. The van der Waals surface area contributed by atoms with E-state index in [1.807, 2.05) is 60.7 Å². The highest BCUT2D eigenvalue weighted by Crippen LogP contribution is 2.48. The number of aromatic amines is 2. The van der Waals surface area contributed by atoms with Crippen molar-refractivity contribution in [3.05, 3.63) is 60.7 Å². The van der Waals surface area contributed by atoms with Crippen LogP contribution in [0.3, 0.4) is 0 Å². The van der Waals surface area contributed by atoms with Crippen molar-refractivity contribution in [3.8, 4) is 57.3 Å². The first-order valence-electron chi connectivity index (χ1n) is 27.3. The van der Waals surface area contributed by atoms with Crippen molar-refractivity contribution in [2.24, 2.45) is 0 Å². The minimum atomic E-state index is -0.219. The molecule has 83 heavy (non-hydrogen) atoms. The maximum Gasteiger partial charge on any atom is 0.184 e. The van der Waals surface area contributed by atoms with Crippen LogP contribution in [-0.4, -0.2) is 108 Å². The van der Waals surface area contributed by atoms with E-state index < -0.39 is 0 Å². The van der Waals surface area contributed by atoms with Crippen LogP contribution in [0.25, 0.3) is 102 Å². The summed E-state index contributed by atoms with van der Waals surface area (Å²) in [5.74, 6) is 1.59. The van der Waals surface area contributed by atoms with Gasteiger partial charge in [-0.05, 0) is 12.1 Å². The molecule has 23 heteroatoms. The van der Waals surface area contributed by atoms with Crippen molar-refractivity contribution in [2.75, 3.05) is 5.32 Å². The van der Waals surface area contributed by atoms with Gasteiger partial charge in [0, 0.05) is 39.7 Å². The number of nitrogens with one attached hydrogen (secondary N) is 3. The normalized spacial score (nSPS) is 13.2. The van der Waals surface area contributed by atoms with E-state index in [2.05, 4.69) is 140 Å². The molecular formula is C60H67N17S6. The Morgan fingerprint density at radius 1 is 0.289 bits per heavy atom. The summed E-state index contributed by atoms with van der Waals surface area (Å²) in [6.07, 6.45) is 0. The van der Waals surface area contributed by atoms with E-state index in [-0.39, 0.29) is 51.8 Å². The highest BCUT2D eigenvalue weighted by molar-refractivity contribution is 8.04. The first-order chi connectivity index (χ1) is 38.8. The Balaban J connectivity index is 1.33. The number of nitrogens with zero attached hydrogens (tertiary/aromatic N) is 14. The van der Waals surface area contributed by atoms with Crippen LogP contribution in [0, 0.1) is 0 Å². The first kappa shape index (κ1) is 58.8. The highest BCUT2D eigenvalue weighted by atomic mass is 32.2. The second-order valence-electron chi connectivity index (χ2n) is 26.0. The summed E-state index contributed by atoms with van der Waals surface area (Å²) >= 11 is 9.88. The third kappa shape index (κ3) is 13.4. The lowest BCUT2D eigenvalue weighted by Crippen LogP contribution is -2.12. The Kier molecular flexibility index (Phi) is 15.2. The van der Waals surface area contributed by atoms with Gasteiger partial charge in [-0.15, -0.1) is 0 Å². The fraction of sp³-hybridized carbons (Fsp3) is 0.400. The summed E-state index contributed by atoms with van der Waals surface area (Å²) in [6.45, 7) is 39.1. The molecule has 8 bridgehead atoms. The molecule has 9 heterocycles. The Labute approximate surface area is 509 Å². The number of thioether (sulfide) groups is 6. The maximum atomic E-state index is 5.45. The van der Waals surface area contributed by atoms with Crippen LogP contribution in [0.1, 0.15) is 125 Å². The van der Waals surface area contributed by atoms with Crippen LogP contribution in [0.2, 0.25) is 0 Å². The largest absolute Gasteiger partial charge is 0.338 e. The van der Waals surface area contributed by atoms with Crippen LogP contribution in [0.5, 0.6) is 0 Å². The zero-order valence-corrected chi connectivity index (χ0v) is 54.9. The van der Waals surface area contributed by atoms with E-state index in [1.165, 1.54) is 0 Å². The summed E-state index contributed by atoms with van der Waals surface area (Å²) in [5.41, 5.74) is 7.31. The van der Waals surface area contributed by atoms with Crippen molar-refractivity contribution in [3.63, 3.8) is 0 Å². The molecule has 0 radical (unpaired) electrons. The summed E-state index contributed by atoms with van der Waals surface area (Å²) in [7, 11) is 0. The van der Waals surface area contributed by atoms with Gasteiger partial charge in [-0.2, -0.15) is 0 Å². The lowest BCUT2D eigenvalue weighted by molar-refractivity contribution is 0.778. The molecule has 2 aromatic carbocycles. The molecule has 428 valence electrons. The average molecular weight is 1220 g/mol. The van der Waals surface area contributed by atoms with Gasteiger partial charge in [-0.1, -0.05) is 244 Å². The SMILES string of the molecule is CC(C)(C)Sc1nc2c(nc1SC(C)(C)C)-c1nc-2nc2[nH]c(nc3nc(nc4[nH]c(n1)c1nc(SC(C)(C)C)c(SC(C)(C)C)nc41)-c1nc(SC(C)(C)C)c(SC(C)(C)C)nc1-3)c1nc(-c3ccccc3)c(Nc3ccccc3)nc21. The van der Waals surface area contributed by atoms with E-state index in [0.717, 1.165) is 41.4 Å². The molecule has 0 aliphatic carbocycles. The molecule has 0 spiro atoms. The van der Waals surface area contributed by atoms with Gasteiger partial charge in [0.1, 0.15) is 80.7 Å². The molecule has 0 unspecified atom stereocenters. The molecule has 3 N–H and O–H groups in total. The summed E-state index contributed by atoms with van der Waals surface area (Å²) in [6, 6.07) is 19.9. The lowest BCUT2D eigenvalue weighted by atomic mass is 10.1. The molecule has 0 amide bonds. The highest BCUT2D eigenvalue weighted by Gasteiger charge is 2.34. The van der Waals surface area contributed by atoms with Crippen molar-refractivity contribution in [2.45, 2.75) is 183 Å². The van der Waals surface area contributed by atoms with Gasteiger partial charge in [-0.25, -0.2) is 69.8 Å². The number of hydrogen-bond donors (Lipinski definition) is 3. The van der Waals surface area contributed by atoms with E-state index in [0.29, 0.717) is 78.9 Å². The van der Waals surface area contributed by atoms with E-state index >= 15 is 0 Å². The lowest BCUT2D eigenvalue weighted by Gasteiger charge is -2.22. The number of rotatable bonds is 9. The second kappa shape index (κ2) is 21.5. The smallest absolute Gasteiger partial charge is 0.184 e. The molecule has 0 saturated heterocycles. The van der Waals surface area contributed by atoms with Gasteiger partial charge in [0.2, 0.25) is 0 Å². The molecular weight excluding hydrogens is 1150 g/mol. The van der Waals surface area contributed by atoms with Gasteiger partial charge in [0.05, 0.1) is 0 Å². The van der Waals surface area contributed by atoms with Crippen molar-refractivity contribution in [1.29, 1.82) is 0 Å². The zero-order valence-electron chi connectivity index (χ0n) is 50.0. The van der Waals surface area contributed by atoms with E-state index in [9.17, 15) is 0 Å². The number of aromatic nitrogens is 16. The molecule has 17 nitrogen and oxygen atoms in total. The van der Waals surface area contributed by atoms with Crippen LogP contribution in [0.15, 0.2) is 90.8 Å². The average Bonchev–Trinajstić information content (AvgIpc) is 3.16. The number of benzene rings is 2. The predicted molar refractivity (Wildman–Crippen MR) is 347 cm³/mol. The maximum absolute atomic E-state index is 5.45. The number of hydrogen-bond acceptors (Lipinski definition) is 21. The Bertz CT molecular complexity index is 4200. The molecule has 11 rings (SSSR count). The molecule has 0 fully saturated rings. The minimum Gasteiger partial charge on any atom is -0.338 e. The van der Waals surface area contributed by atoms with Gasteiger partial charge >= 0.3 is 0 Å². The molecule has 0 atom stereocenters. The molecule has 7 aromatic heterocycles. The van der Waals surface area contributed by atoms with Crippen LogP contribution in [-0.2, 0) is 0 Å². The fourth-order valence-electron chi connectivity index (χ4n) is 8.55. The quantitative estimate of drug-likeness (QED) is 0.114. The van der Waals surface area contributed by atoms with Crippen LogP contribution >= 0.6 is 70.6 Å². The van der Waals surface area contributed by atoms with Gasteiger partial charge in [-0.3, -0.25) is 0 Å². The number of anilines is 2. The standard InChI is InChI=1S/C60H67N17S6/c1-55(2,3)78-49-51(80-57(7,8)9)66-36-34(64-49)43-71-41-32-33(63-40(61-30-27-23-20-24-28-30)31(62-32)29-25-21-19-22-26-29)42(70-41)72-44-35-37(67-52(81-58(10,11)12)50(65-35)79-56(4,5)6)46(74-44)76-48-39-38(47(77-48)75-45(36)73-43)68-53(82-59(13,14)15)54(69-39)83-60(16,17)18/h19-28H,1-18H3,(H,61,63)(H2,70,71,72,73,74,75,76,77). The van der Waals surface area contributed by atoms with Crippen molar-refractivity contribution < 1.29 is 0 Å². The number of para-hydroxylation sites is 1. The summed E-state index contributed by atoms with van der Waals surface area (Å²) in [5, 5.41) is 8.13. The first-order valence-corrected chi connectivity index (χ1v) is 32.2. The summed E-state index contributed by atoms with van der Waals surface area (Å²) < 4.78 is -1.29. The molecule has 2 aliphatic rings.